The maximum Gasteiger partial charge on any atom is 0.123 e. The van der Waals surface area contributed by atoms with Crippen molar-refractivity contribution in [2.45, 2.75) is 26.6 Å². The van der Waals surface area contributed by atoms with Crippen LogP contribution in [0, 0.1) is 0 Å². The van der Waals surface area contributed by atoms with E-state index in [4.69, 9.17) is 5.10 Å². The zero-order valence-electron chi connectivity index (χ0n) is 11.9. The number of rotatable bonds is 5. The Kier molecular flexibility index (Phi) is 3.52. The predicted molar refractivity (Wildman–Crippen MR) is 79.5 cm³/mol. The average Bonchev–Trinajstić information content (AvgIpc) is 3.05. The molecule has 104 valence electrons. The smallest absolute Gasteiger partial charge is 0.123 e. The van der Waals surface area contributed by atoms with Gasteiger partial charge in [-0.05, 0) is 20.0 Å². The summed E-state index contributed by atoms with van der Waals surface area (Å²) in [5.74, 6) is 1.03. The predicted octanol–water partition coefficient (Wildman–Crippen LogP) is 2.02. The maximum atomic E-state index is 4.73. The average molecular weight is 269 g/mol. The third-order valence-corrected chi connectivity index (χ3v) is 3.49. The van der Waals surface area contributed by atoms with Gasteiger partial charge in [0.2, 0.25) is 0 Å². The number of benzene rings is 1. The molecule has 20 heavy (non-hydrogen) atoms. The largest absolute Gasteiger partial charge is 0.328 e. The standard InChI is InChI=1S/C15H19N5/c1-3-20-14-7-5-4-6-12(14)13(18-20)11-19-9-8-17-15(19)10-16-2/h4-9,16H,3,10-11H2,1-2H3. The fraction of sp³-hybridized carbons (Fsp3) is 0.333. The lowest BCUT2D eigenvalue weighted by molar-refractivity contribution is 0.631. The summed E-state index contributed by atoms with van der Waals surface area (Å²) >= 11 is 0. The number of nitrogens with zero attached hydrogens (tertiary/aromatic N) is 4. The fourth-order valence-corrected chi connectivity index (χ4v) is 2.52. The molecule has 2 aromatic heterocycles. The van der Waals surface area contributed by atoms with Crippen LogP contribution in [0.15, 0.2) is 36.7 Å². The highest BCUT2D eigenvalue weighted by Crippen LogP contribution is 2.19. The maximum absolute atomic E-state index is 4.73. The van der Waals surface area contributed by atoms with E-state index in [0.717, 1.165) is 31.2 Å². The van der Waals surface area contributed by atoms with Crippen LogP contribution in [-0.2, 0) is 19.6 Å². The summed E-state index contributed by atoms with van der Waals surface area (Å²) in [7, 11) is 1.93. The summed E-state index contributed by atoms with van der Waals surface area (Å²) in [5.41, 5.74) is 2.29. The topological polar surface area (TPSA) is 47.7 Å². The van der Waals surface area contributed by atoms with Gasteiger partial charge in [-0.2, -0.15) is 5.10 Å². The normalized spacial score (nSPS) is 11.3. The van der Waals surface area contributed by atoms with E-state index in [2.05, 4.69) is 50.7 Å². The van der Waals surface area contributed by atoms with Gasteiger partial charge in [-0.25, -0.2) is 4.98 Å². The number of imidazole rings is 1. The number of hydrogen-bond donors (Lipinski definition) is 1. The Bertz CT molecular complexity index is 710. The van der Waals surface area contributed by atoms with Gasteiger partial charge in [0.25, 0.3) is 0 Å². The van der Waals surface area contributed by atoms with Crippen LogP contribution in [0.4, 0.5) is 0 Å². The van der Waals surface area contributed by atoms with Gasteiger partial charge < -0.3 is 9.88 Å². The molecule has 3 rings (SSSR count). The molecule has 0 saturated heterocycles. The summed E-state index contributed by atoms with van der Waals surface area (Å²) in [4.78, 5) is 4.37. The number of para-hydroxylation sites is 1. The fourth-order valence-electron chi connectivity index (χ4n) is 2.52. The van der Waals surface area contributed by atoms with E-state index in [0.29, 0.717) is 0 Å². The van der Waals surface area contributed by atoms with Crippen LogP contribution in [0.5, 0.6) is 0 Å². The molecule has 0 amide bonds. The minimum Gasteiger partial charge on any atom is -0.328 e. The summed E-state index contributed by atoms with van der Waals surface area (Å²) < 4.78 is 4.20. The van der Waals surface area contributed by atoms with Crippen molar-refractivity contribution in [2.24, 2.45) is 0 Å². The third-order valence-electron chi connectivity index (χ3n) is 3.49. The molecule has 0 fully saturated rings. The summed E-state index contributed by atoms with van der Waals surface area (Å²) in [6, 6.07) is 8.38. The van der Waals surface area contributed by atoms with Crippen LogP contribution in [0.1, 0.15) is 18.4 Å². The van der Waals surface area contributed by atoms with E-state index in [1.54, 1.807) is 0 Å². The Morgan fingerprint density at radius 3 is 2.90 bits per heavy atom. The second-order valence-electron chi connectivity index (χ2n) is 4.78. The van der Waals surface area contributed by atoms with Crippen LogP contribution in [0.2, 0.25) is 0 Å². The minimum absolute atomic E-state index is 0.754. The van der Waals surface area contributed by atoms with Gasteiger partial charge in [-0.15, -0.1) is 0 Å². The second kappa shape index (κ2) is 5.46. The second-order valence-corrected chi connectivity index (χ2v) is 4.78. The molecular formula is C15H19N5. The van der Waals surface area contributed by atoms with E-state index in [1.165, 1.54) is 10.9 Å². The number of nitrogens with one attached hydrogen (secondary N) is 1. The van der Waals surface area contributed by atoms with E-state index in [9.17, 15) is 0 Å². The van der Waals surface area contributed by atoms with Crippen molar-refractivity contribution in [1.82, 2.24) is 24.6 Å². The first kappa shape index (κ1) is 12.9. The molecule has 3 aromatic rings. The lowest BCUT2D eigenvalue weighted by Crippen LogP contribution is -2.13. The quantitative estimate of drug-likeness (QED) is 0.771. The third kappa shape index (κ3) is 2.20. The van der Waals surface area contributed by atoms with Gasteiger partial charge in [-0.3, -0.25) is 4.68 Å². The summed E-state index contributed by atoms with van der Waals surface area (Å²) in [6.45, 7) is 4.52. The Balaban J connectivity index is 2.00. The monoisotopic (exact) mass is 269 g/mol. The number of aryl methyl sites for hydroxylation is 1. The molecule has 0 unspecified atom stereocenters. The van der Waals surface area contributed by atoms with Gasteiger partial charge in [0.15, 0.2) is 0 Å². The molecule has 0 aliphatic heterocycles. The van der Waals surface area contributed by atoms with Crippen molar-refractivity contribution >= 4 is 10.9 Å². The Morgan fingerprint density at radius 1 is 1.25 bits per heavy atom. The van der Waals surface area contributed by atoms with Gasteiger partial charge in [0.05, 0.1) is 24.3 Å². The van der Waals surface area contributed by atoms with E-state index >= 15 is 0 Å². The van der Waals surface area contributed by atoms with Crippen LogP contribution >= 0.6 is 0 Å². The van der Waals surface area contributed by atoms with Gasteiger partial charge in [-0.1, -0.05) is 18.2 Å². The van der Waals surface area contributed by atoms with Crippen molar-refractivity contribution in [3.63, 3.8) is 0 Å². The first-order valence-corrected chi connectivity index (χ1v) is 6.92. The molecule has 1 N–H and O–H groups in total. The number of hydrogen-bond acceptors (Lipinski definition) is 3. The van der Waals surface area contributed by atoms with Crippen LogP contribution in [0.3, 0.4) is 0 Å². The summed E-state index contributed by atoms with van der Waals surface area (Å²) in [5, 5.41) is 9.09. The lowest BCUT2D eigenvalue weighted by atomic mass is 10.2. The van der Waals surface area contributed by atoms with E-state index in [-0.39, 0.29) is 0 Å². The molecule has 0 bridgehead atoms. The van der Waals surface area contributed by atoms with Crippen molar-refractivity contribution in [3.8, 4) is 0 Å². The first-order valence-electron chi connectivity index (χ1n) is 6.92. The first-order chi connectivity index (χ1) is 9.83. The Labute approximate surface area is 118 Å². The van der Waals surface area contributed by atoms with E-state index in [1.807, 2.05) is 19.4 Å². The zero-order valence-corrected chi connectivity index (χ0v) is 11.9. The molecule has 0 radical (unpaired) electrons. The zero-order chi connectivity index (χ0) is 13.9. The minimum atomic E-state index is 0.754. The number of fused-ring (bicyclic) bond motifs is 1. The van der Waals surface area contributed by atoms with Crippen molar-refractivity contribution in [3.05, 3.63) is 48.2 Å². The molecule has 5 heteroatoms. The van der Waals surface area contributed by atoms with Crippen molar-refractivity contribution in [2.75, 3.05) is 7.05 Å². The molecule has 0 spiro atoms. The highest BCUT2D eigenvalue weighted by molar-refractivity contribution is 5.81. The molecule has 0 aliphatic carbocycles. The number of aromatic nitrogens is 4. The van der Waals surface area contributed by atoms with Gasteiger partial charge in [0, 0.05) is 24.3 Å². The molecule has 0 aliphatic rings. The van der Waals surface area contributed by atoms with E-state index < -0.39 is 0 Å². The van der Waals surface area contributed by atoms with Gasteiger partial charge >= 0.3 is 0 Å². The summed E-state index contributed by atoms with van der Waals surface area (Å²) in [6.07, 6.45) is 3.85. The van der Waals surface area contributed by atoms with Gasteiger partial charge in [0.1, 0.15) is 5.82 Å². The lowest BCUT2D eigenvalue weighted by Gasteiger charge is -2.05. The van der Waals surface area contributed by atoms with Crippen LogP contribution in [-0.4, -0.2) is 26.4 Å². The molecule has 2 heterocycles. The van der Waals surface area contributed by atoms with Crippen LogP contribution in [0.25, 0.3) is 10.9 Å². The van der Waals surface area contributed by atoms with Crippen LogP contribution < -0.4 is 5.32 Å². The molecule has 5 nitrogen and oxygen atoms in total. The highest BCUT2D eigenvalue weighted by atomic mass is 15.3. The molecule has 0 saturated carbocycles. The molecule has 1 aromatic carbocycles. The SMILES string of the molecule is CCn1nc(Cn2ccnc2CNC)c2ccccc21. The van der Waals surface area contributed by atoms with Crippen molar-refractivity contribution in [1.29, 1.82) is 0 Å². The Morgan fingerprint density at radius 2 is 2.10 bits per heavy atom. The highest BCUT2D eigenvalue weighted by Gasteiger charge is 2.11. The molecule has 0 atom stereocenters. The Hall–Kier alpha value is -2.14. The molecular weight excluding hydrogens is 250 g/mol. The van der Waals surface area contributed by atoms with Crippen molar-refractivity contribution < 1.29 is 0 Å².